The van der Waals surface area contributed by atoms with Gasteiger partial charge in [-0.2, -0.15) is 0 Å². The molecule has 3 nitrogen and oxygen atoms in total. The summed E-state index contributed by atoms with van der Waals surface area (Å²) < 4.78 is 12.4. The standard InChI is InChI=1S/C14H18BrNO2/c1-8-6-9-12(15)10(14(16)4-3-5-14)7-11(17-2)13(9)18-8/h7-8H,3-6,16H2,1-2H3. The van der Waals surface area contributed by atoms with Gasteiger partial charge in [-0.05, 0) is 37.8 Å². The number of methoxy groups -OCH3 is 1. The molecule has 1 aromatic carbocycles. The summed E-state index contributed by atoms with van der Waals surface area (Å²) in [6.07, 6.45) is 4.41. The Morgan fingerprint density at radius 2 is 2.22 bits per heavy atom. The van der Waals surface area contributed by atoms with Crippen molar-refractivity contribution in [3.05, 3.63) is 21.7 Å². The average molecular weight is 312 g/mol. The largest absolute Gasteiger partial charge is 0.493 e. The highest BCUT2D eigenvalue weighted by Gasteiger charge is 2.39. The molecule has 1 atom stereocenters. The Morgan fingerprint density at radius 3 is 2.78 bits per heavy atom. The molecule has 1 aliphatic heterocycles. The molecule has 1 saturated carbocycles. The number of benzene rings is 1. The summed E-state index contributed by atoms with van der Waals surface area (Å²) in [7, 11) is 1.68. The quantitative estimate of drug-likeness (QED) is 0.912. The fourth-order valence-electron chi connectivity index (χ4n) is 2.85. The van der Waals surface area contributed by atoms with Crippen molar-refractivity contribution in [2.24, 2.45) is 5.73 Å². The van der Waals surface area contributed by atoms with E-state index in [9.17, 15) is 0 Å². The molecule has 0 bridgehead atoms. The second-order valence-electron chi connectivity index (χ2n) is 5.39. The molecule has 0 amide bonds. The van der Waals surface area contributed by atoms with Crippen LogP contribution in [0.2, 0.25) is 0 Å². The minimum absolute atomic E-state index is 0.188. The van der Waals surface area contributed by atoms with E-state index >= 15 is 0 Å². The van der Waals surface area contributed by atoms with Gasteiger partial charge in [0.15, 0.2) is 11.5 Å². The van der Waals surface area contributed by atoms with E-state index in [0.29, 0.717) is 0 Å². The van der Waals surface area contributed by atoms with Gasteiger partial charge in [0.2, 0.25) is 0 Å². The van der Waals surface area contributed by atoms with E-state index in [1.165, 1.54) is 17.5 Å². The van der Waals surface area contributed by atoms with Crippen LogP contribution in [-0.4, -0.2) is 13.2 Å². The van der Waals surface area contributed by atoms with Crippen LogP contribution in [-0.2, 0) is 12.0 Å². The van der Waals surface area contributed by atoms with Gasteiger partial charge in [0.05, 0.1) is 7.11 Å². The molecule has 1 aromatic rings. The van der Waals surface area contributed by atoms with E-state index in [-0.39, 0.29) is 11.6 Å². The third-order valence-corrected chi connectivity index (χ3v) is 4.99. The summed E-state index contributed by atoms with van der Waals surface area (Å²) in [5.41, 5.74) is 8.63. The van der Waals surface area contributed by atoms with E-state index in [0.717, 1.165) is 35.2 Å². The van der Waals surface area contributed by atoms with Gasteiger partial charge in [-0.3, -0.25) is 0 Å². The highest BCUT2D eigenvalue weighted by atomic mass is 79.9. The van der Waals surface area contributed by atoms with Crippen LogP contribution < -0.4 is 15.2 Å². The predicted octanol–water partition coefficient (Wildman–Crippen LogP) is 3.12. The van der Waals surface area contributed by atoms with Crippen LogP contribution >= 0.6 is 15.9 Å². The minimum atomic E-state index is -0.188. The third kappa shape index (κ3) is 1.66. The zero-order valence-electron chi connectivity index (χ0n) is 10.8. The molecule has 98 valence electrons. The lowest BCUT2D eigenvalue weighted by Crippen LogP contribution is -2.43. The van der Waals surface area contributed by atoms with Crippen molar-refractivity contribution >= 4 is 15.9 Å². The molecular weight excluding hydrogens is 294 g/mol. The highest BCUT2D eigenvalue weighted by molar-refractivity contribution is 9.10. The zero-order chi connectivity index (χ0) is 12.9. The molecular formula is C14H18BrNO2. The van der Waals surface area contributed by atoms with Gasteiger partial charge in [-0.15, -0.1) is 0 Å². The van der Waals surface area contributed by atoms with Gasteiger partial charge in [0, 0.05) is 22.0 Å². The van der Waals surface area contributed by atoms with Crippen LogP contribution in [0.15, 0.2) is 10.5 Å². The Labute approximate surface area is 116 Å². The SMILES string of the molecule is COc1cc(C2(N)CCC2)c(Br)c2c1OC(C)C2. The van der Waals surface area contributed by atoms with Crippen molar-refractivity contribution in [3.8, 4) is 11.5 Å². The normalized spacial score (nSPS) is 24.1. The molecule has 0 saturated heterocycles. The first-order chi connectivity index (χ1) is 8.55. The predicted molar refractivity (Wildman–Crippen MR) is 74.2 cm³/mol. The van der Waals surface area contributed by atoms with Crippen molar-refractivity contribution in [1.82, 2.24) is 0 Å². The zero-order valence-corrected chi connectivity index (χ0v) is 12.3. The lowest BCUT2D eigenvalue weighted by molar-refractivity contribution is 0.241. The lowest BCUT2D eigenvalue weighted by atomic mass is 9.72. The van der Waals surface area contributed by atoms with Crippen molar-refractivity contribution in [3.63, 3.8) is 0 Å². The van der Waals surface area contributed by atoms with E-state index in [2.05, 4.69) is 22.9 Å². The van der Waals surface area contributed by atoms with Gasteiger partial charge in [0.25, 0.3) is 0 Å². The monoisotopic (exact) mass is 311 g/mol. The Morgan fingerprint density at radius 1 is 1.50 bits per heavy atom. The average Bonchev–Trinajstić information content (AvgIpc) is 2.69. The van der Waals surface area contributed by atoms with Gasteiger partial charge in [0.1, 0.15) is 6.10 Å². The maximum absolute atomic E-state index is 6.45. The molecule has 1 heterocycles. The van der Waals surface area contributed by atoms with E-state index in [1.54, 1.807) is 7.11 Å². The fourth-order valence-corrected chi connectivity index (χ4v) is 3.70. The number of ether oxygens (including phenoxy) is 2. The Balaban J connectivity index is 2.15. The molecule has 1 unspecified atom stereocenters. The van der Waals surface area contributed by atoms with Gasteiger partial charge < -0.3 is 15.2 Å². The highest BCUT2D eigenvalue weighted by Crippen LogP contribution is 2.50. The molecule has 2 N–H and O–H groups in total. The Hall–Kier alpha value is -0.740. The van der Waals surface area contributed by atoms with Gasteiger partial charge in [-0.25, -0.2) is 0 Å². The Bertz CT molecular complexity index is 497. The number of fused-ring (bicyclic) bond motifs is 1. The molecule has 4 heteroatoms. The number of halogens is 1. The van der Waals surface area contributed by atoms with Crippen LogP contribution in [0.4, 0.5) is 0 Å². The van der Waals surface area contributed by atoms with Crippen LogP contribution in [0, 0.1) is 0 Å². The van der Waals surface area contributed by atoms with Crippen molar-refractivity contribution in [1.29, 1.82) is 0 Å². The summed E-state index contributed by atoms with van der Waals surface area (Å²) in [4.78, 5) is 0. The topological polar surface area (TPSA) is 44.5 Å². The maximum Gasteiger partial charge on any atom is 0.166 e. The second kappa shape index (κ2) is 4.14. The molecule has 1 fully saturated rings. The third-order valence-electron chi connectivity index (χ3n) is 4.09. The van der Waals surface area contributed by atoms with Crippen molar-refractivity contribution in [2.75, 3.05) is 7.11 Å². The first kappa shape index (κ1) is 12.3. The lowest BCUT2D eigenvalue weighted by Gasteiger charge is -2.39. The molecule has 18 heavy (non-hydrogen) atoms. The summed E-state index contributed by atoms with van der Waals surface area (Å²) in [5.74, 6) is 1.69. The maximum atomic E-state index is 6.45. The number of rotatable bonds is 2. The van der Waals surface area contributed by atoms with Crippen molar-refractivity contribution in [2.45, 2.75) is 44.2 Å². The fraction of sp³-hybridized carbons (Fsp3) is 0.571. The van der Waals surface area contributed by atoms with Crippen LogP contribution in [0.1, 0.15) is 37.3 Å². The van der Waals surface area contributed by atoms with Crippen LogP contribution in [0.3, 0.4) is 0 Å². The van der Waals surface area contributed by atoms with E-state index < -0.39 is 0 Å². The first-order valence-electron chi connectivity index (χ1n) is 6.40. The number of nitrogens with two attached hydrogens (primary N) is 1. The summed E-state index contributed by atoms with van der Waals surface area (Å²) in [6.45, 7) is 2.08. The number of hydrogen-bond acceptors (Lipinski definition) is 3. The second-order valence-corrected chi connectivity index (χ2v) is 6.18. The Kier molecular flexibility index (Phi) is 2.83. The molecule has 3 rings (SSSR count). The van der Waals surface area contributed by atoms with Crippen LogP contribution in [0.25, 0.3) is 0 Å². The van der Waals surface area contributed by atoms with E-state index in [1.807, 2.05) is 6.07 Å². The molecule has 0 aromatic heterocycles. The minimum Gasteiger partial charge on any atom is -0.493 e. The smallest absolute Gasteiger partial charge is 0.166 e. The molecule has 0 radical (unpaired) electrons. The van der Waals surface area contributed by atoms with Gasteiger partial charge in [-0.1, -0.05) is 15.9 Å². The summed E-state index contributed by atoms with van der Waals surface area (Å²) >= 11 is 3.72. The number of hydrogen-bond donors (Lipinski definition) is 1. The summed E-state index contributed by atoms with van der Waals surface area (Å²) in [6, 6.07) is 2.04. The van der Waals surface area contributed by atoms with E-state index in [4.69, 9.17) is 15.2 Å². The van der Waals surface area contributed by atoms with Crippen LogP contribution in [0.5, 0.6) is 11.5 Å². The first-order valence-corrected chi connectivity index (χ1v) is 7.20. The summed E-state index contributed by atoms with van der Waals surface area (Å²) in [5, 5.41) is 0. The molecule has 1 aliphatic carbocycles. The van der Waals surface area contributed by atoms with Gasteiger partial charge >= 0.3 is 0 Å². The molecule has 0 spiro atoms. The molecule has 2 aliphatic rings. The van der Waals surface area contributed by atoms with Crippen molar-refractivity contribution < 1.29 is 9.47 Å².